The van der Waals surface area contributed by atoms with Gasteiger partial charge in [0.25, 0.3) is 0 Å². The Bertz CT molecular complexity index is 218. The maximum Gasteiger partial charge on any atom is 0.108 e. The van der Waals surface area contributed by atoms with Crippen molar-refractivity contribution in [3.05, 3.63) is 36.3 Å². The van der Waals surface area contributed by atoms with Crippen molar-refractivity contribution in [3.8, 4) is 6.07 Å². The van der Waals surface area contributed by atoms with E-state index in [1.165, 1.54) is 12.5 Å². The molecule has 0 radical (unpaired) electrons. The van der Waals surface area contributed by atoms with Crippen molar-refractivity contribution in [1.29, 1.82) is 5.26 Å². The predicted molar refractivity (Wildman–Crippen MR) is 33.1 cm³/mol. The van der Waals surface area contributed by atoms with Gasteiger partial charge in [-0.1, -0.05) is 6.08 Å². The molecule has 1 aliphatic heterocycles. The Hall–Kier alpha value is -1.49. The minimum atomic E-state index is 0.528. The van der Waals surface area contributed by atoms with Crippen LogP contribution in [0.1, 0.15) is 0 Å². The van der Waals surface area contributed by atoms with Crippen LogP contribution in [-0.4, -0.2) is 0 Å². The summed E-state index contributed by atoms with van der Waals surface area (Å²) in [6.07, 6.45) is 8.08. The largest absolute Gasteiger partial charge is 0.471 e. The molecule has 44 valence electrons. The van der Waals surface area contributed by atoms with Crippen LogP contribution >= 0.6 is 0 Å². The van der Waals surface area contributed by atoms with E-state index in [4.69, 9.17) is 10.00 Å². The van der Waals surface area contributed by atoms with E-state index in [0.29, 0.717) is 5.57 Å². The van der Waals surface area contributed by atoms with Gasteiger partial charge in [0.15, 0.2) is 0 Å². The fourth-order valence-corrected chi connectivity index (χ4v) is 0.465. The highest BCUT2D eigenvalue weighted by Gasteiger charge is 1.88. The first-order valence-electron chi connectivity index (χ1n) is 2.52. The molecule has 0 aromatic heterocycles. The quantitative estimate of drug-likeness (QED) is 0.484. The summed E-state index contributed by atoms with van der Waals surface area (Å²) >= 11 is 0. The second-order valence-electron chi connectivity index (χ2n) is 1.51. The minimum absolute atomic E-state index is 0.528. The molecule has 2 heteroatoms. The molecule has 0 N–H and O–H groups in total. The van der Waals surface area contributed by atoms with Gasteiger partial charge >= 0.3 is 0 Å². The van der Waals surface area contributed by atoms with Gasteiger partial charge in [0.05, 0.1) is 11.8 Å². The second kappa shape index (κ2) is 2.73. The zero-order chi connectivity index (χ0) is 6.53. The van der Waals surface area contributed by atoms with Crippen molar-refractivity contribution in [2.24, 2.45) is 0 Å². The topological polar surface area (TPSA) is 33.0 Å². The molecule has 1 rings (SSSR count). The third-order valence-electron chi connectivity index (χ3n) is 0.868. The van der Waals surface area contributed by atoms with Gasteiger partial charge in [-0.3, -0.25) is 0 Å². The van der Waals surface area contributed by atoms with Crippen LogP contribution in [0.4, 0.5) is 0 Å². The number of rotatable bonds is 0. The van der Waals surface area contributed by atoms with Crippen molar-refractivity contribution >= 4 is 0 Å². The summed E-state index contributed by atoms with van der Waals surface area (Å²) in [6.45, 7) is 0. The number of nitrogens with zero attached hydrogens (tertiary/aromatic N) is 1. The fraction of sp³-hybridized carbons (Fsp3) is 0. The lowest BCUT2D eigenvalue weighted by Crippen LogP contribution is -1.69. The average Bonchev–Trinajstić information content (AvgIpc) is 2.13. The van der Waals surface area contributed by atoms with Crippen molar-refractivity contribution in [3.63, 3.8) is 0 Å². The van der Waals surface area contributed by atoms with Crippen LogP contribution in [0, 0.1) is 11.3 Å². The normalized spacial score (nSPS) is 15.2. The third-order valence-corrected chi connectivity index (χ3v) is 0.868. The molecule has 0 aromatic carbocycles. The molecule has 0 saturated heterocycles. The highest BCUT2D eigenvalue weighted by molar-refractivity contribution is 5.33. The lowest BCUT2D eigenvalue weighted by atomic mass is 10.3. The Kier molecular flexibility index (Phi) is 1.71. The predicted octanol–water partition coefficient (Wildman–Crippen LogP) is 1.49. The van der Waals surface area contributed by atoms with Crippen LogP contribution in [0.5, 0.6) is 0 Å². The van der Waals surface area contributed by atoms with Crippen LogP contribution in [0.25, 0.3) is 0 Å². The maximum absolute atomic E-state index is 8.34. The Morgan fingerprint density at radius 3 is 3.11 bits per heavy atom. The summed E-state index contributed by atoms with van der Waals surface area (Å²) in [5.74, 6) is 0. The van der Waals surface area contributed by atoms with Gasteiger partial charge in [0.1, 0.15) is 12.3 Å². The van der Waals surface area contributed by atoms with E-state index < -0.39 is 0 Å². The molecule has 0 aliphatic carbocycles. The van der Waals surface area contributed by atoms with Crippen LogP contribution < -0.4 is 0 Å². The van der Waals surface area contributed by atoms with Gasteiger partial charge < -0.3 is 4.74 Å². The van der Waals surface area contributed by atoms with Gasteiger partial charge in [-0.05, 0) is 12.2 Å². The first kappa shape index (κ1) is 5.64. The summed E-state index contributed by atoms with van der Waals surface area (Å²) in [7, 11) is 0. The molecule has 0 unspecified atom stereocenters. The van der Waals surface area contributed by atoms with Crippen molar-refractivity contribution < 1.29 is 4.74 Å². The van der Waals surface area contributed by atoms with Crippen LogP contribution in [0.15, 0.2) is 36.3 Å². The third kappa shape index (κ3) is 1.46. The minimum Gasteiger partial charge on any atom is -0.471 e. The van der Waals surface area contributed by atoms with E-state index in [1.54, 1.807) is 18.2 Å². The zero-order valence-corrected chi connectivity index (χ0v) is 4.74. The Morgan fingerprint density at radius 1 is 1.44 bits per heavy atom. The second-order valence-corrected chi connectivity index (χ2v) is 1.51. The first-order valence-corrected chi connectivity index (χ1v) is 2.52. The lowest BCUT2D eigenvalue weighted by Gasteiger charge is -1.84. The monoisotopic (exact) mass is 119 g/mol. The molecule has 0 fully saturated rings. The molecule has 0 amide bonds. The van der Waals surface area contributed by atoms with Crippen LogP contribution in [0.2, 0.25) is 0 Å². The summed E-state index contributed by atoms with van der Waals surface area (Å²) in [5.41, 5.74) is 0.528. The Morgan fingerprint density at radius 2 is 2.33 bits per heavy atom. The molecule has 1 aliphatic rings. The molecule has 0 atom stereocenters. The standard InChI is InChI=1S/C7H5NO/c8-5-7-3-1-2-4-9-6-7/h1-4,6H. The van der Waals surface area contributed by atoms with Crippen molar-refractivity contribution in [2.45, 2.75) is 0 Å². The lowest BCUT2D eigenvalue weighted by molar-refractivity contribution is 0.402. The average molecular weight is 119 g/mol. The molecule has 0 bridgehead atoms. The zero-order valence-electron chi connectivity index (χ0n) is 4.74. The first-order chi connectivity index (χ1) is 4.43. The molecule has 0 spiro atoms. The van der Waals surface area contributed by atoms with Crippen molar-refractivity contribution in [1.82, 2.24) is 0 Å². The van der Waals surface area contributed by atoms with Crippen LogP contribution in [-0.2, 0) is 4.74 Å². The summed E-state index contributed by atoms with van der Waals surface area (Å²) in [6, 6.07) is 1.95. The van der Waals surface area contributed by atoms with Gasteiger partial charge in [-0.2, -0.15) is 5.26 Å². The SMILES string of the molecule is N#CC1=COC=CC=C1. The molecule has 2 nitrogen and oxygen atoms in total. The molecule has 1 heterocycles. The highest BCUT2D eigenvalue weighted by atomic mass is 16.5. The van der Waals surface area contributed by atoms with Gasteiger partial charge in [0.2, 0.25) is 0 Å². The van der Waals surface area contributed by atoms with Crippen molar-refractivity contribution in [2.75, 3.05) is 0 Å². The highest BCUT2D eigenvalue weighted by Crippen LogP contribution is 1.99. The molecule has 0 aromatic rings. The van der Waals surface area contributed by atoms with Gasteiger partial charge in [0, 0.05) is 0 Å². The number of nitriles is 1. The summed E-state index contributed by atoms with van der Waals surface area (Å²) < 4.78 is 4.77. The number of allylic oxidation sites excluding steroid dienone is 4. The van der Waals surface area contributed by atoms with E-state index in [-0.39, 0.29) is 0 Å². The van der Waals surface area contributed by atoms with E-state index >= 15 is 0 Å². The molecule has 9 heavy (non-hydrogen) atoms. The smallest absolute Gasteiger partial charge is 0.108 e. The van der Waals surface area contributed by atoms with E-state index in [9.17, 15) is 0 Å². The van der Waals surface area contributed by atoms with E-state index in [2.05, 4.69) is 0 Å². The molecular formula is C7H5NO. The Labute approximate surface area is 53.4 Å². The Balaban J connectivity index is 2.78. The number of hydrogen-bond donors (Lipinski definition) is 0. The van der Waals surface area contributed by atoms with Gasteiger partial charge in [-0.25, -0.2) is 0 Å². The number of ether oxygens (including phenoxy) is 1. The molecular weight excluding hydrogens is 114 g/mol. The van der Waals surface area contributed by atoms with Crippen LogP contribution in [0.3, 0.4) is 0 Å². The molecule has 0 saturated carbocycles. The summed E-state index contributed by atoms with van der Waals surface area (Å²) in [5, 5.41) is 8.34. The van der Waals surface area contributed by atoms with Gasteiger partial charge in [-0.15, -0.1) is 0 Å². The summed E-state index contributed by atoms with van der Waals surface area (Å²) in [4.78, 5) is 0. The maximum atomic E-state index is 8.34. The fourth-order valence-electron chi connectivity index (χ4n) is 0.465. The van der Waals surface area contributed by atoms with E-state index in [1.807, 2.05) is 6.07 Å². The van der Waals surface area contributed by atoms with E-state index in [0.717, 1.165) is 0 Å². The number of hydrogen-bond acceptors (Lipinski definition) is 2.